The average molecular weight is 449 g/mol. The number of hydrogen-bond acceptors (Lipinski definition) is 6. The molecule has 9 nitrogen and oxygen atoms in total. The second-order valence-electron chi connectivity index (χ2n) is 7.41. The number of hydrogen-bond donors (Lipinski definition) is 2. The Balaban J connectivity index is 1.45. The Kier molecular flexibility index (Phi) is 7.83. The second-order valence-corrected chi connectivity index (χ2v) is 9.50. The fourth-order valence-corrected chi connectivity index (χ4v) is 4.75. The first-order valence-electron chi connectivity index (χ1n) is 10.1. The van der Waals surface area contributed by atoms with E-state index < -0.39 is 16.1 Å². The van der Waals surface area contributed by atoms with Crippen molar-refractivity contribution in [2.24, 2.45) is 0 Å². The molecule has 0 unspecified atom stereocenters. The standard InChI is InChI=1S/C21H28N4O5S/c1-16-13-25(14-17(2)30-16)31(27,28)11-10-23-21(26)24-18-7-5-8-20(12-18)29-15-19-6-3-4-9-22-19/h3-9,12,16-17H,10-11,13-15H2,1-2H3,(H2,23,24,26)/t16-,17+. The molecule has 2 aromatic rings. The lowest BCUT2D eigenvalue weighted by molar-refractivity contribution is -0.0440. The first kappa shape index (κ1) is 23.0. The van der Waals surface area contributed by atoms with Gasteiger partial charge in [0.15, 0.2) is 0 Å². The number of benzene rings is 1. The maximum absolute atomic E-state index is 12.5. The van der Waals surface area contributed by atoms with Gasteiger partial charge in [0, 0.05) is 37.6 Å². The summed E-state index contributed by atoms with van der Waals surface area (Å²) < 4.78 is 37.7. The zero-order chi connectivity index (χ0) is 22.3. The Morgan fingerprint density at radius 3 is 2.68 bits per heavy atom. The molecule has 0 spiro atoms. The van der Waals surface area contributed by atoms with Crippen molar-refractivity contribution in [1.29, 1.82) is 0 Å². The summed E-state index contributed by atoms with van der Waals surface area (Å²) in [7, 11) is -3.47. The number of nitrogens with zero attached hydrogens (tertiary/aromatic N) is 2. The molecule has 168 valence electrons. The van der Waals surface area contributed by atoms with Gasteiger partial charge in [-0.3, -0.25) is 4.98 Å². The van der Waals surface area contributed by atoms with Gasteiger partial charge in [0.2, 0.25) is 10.0 Å². The number of amides is 2. The highest BCUT2D eigenvalue weighted by Gasteiger charge is 2.30. The van der Waals surface area contributed by atoms with Gasteiger partial charge in [0.05, 0.1) is 23.7 Å². The van der Waals surface area contributed by atoms with E-state index in [0.29, 0.717) is 31.1 Å². The third-order valence-electron chi connectivity index (χ3n) is 4.63. The lowest BCUT2D eigenvalue weighted by atomic mass is 10.3. The Labute approximate surface area is 182 Å². The maximum atomic E-state index is 12.5. The fourth-order valence-electron chi connectivity index (χ4n) is 3.26. The molecule has 2 atom stereocenters. The SMILES string of the molecule is C[C@@H]1CN(S(=O)(=O)CCNC(=O)Nc2cccc(OCc3ccccn3)c2)C[C@H](C)O1. The van der Waals surface area contributed by atoms with Gasteiger partial charge in [-0.2, -0.15) is 4.31 Å². The van der Waals surface area contributed by atoms with Crippen LogP contribution in [0.2, 0.25) is 0 Å². The van der Waals surface area contributed by atoms with Crippen molar-refractivity contribution in [1.82, 2.24) is 14.6 Å². The van der Waals surface area contributed by atoms with Crippen LogP contribution in [0, 0.1) is 0 Å². The minimum Gasteiger partial charge on any atom is -0.487 e. The van der Waals surface area contributed by atoms with Crippen molar-refractivity contribution in [3.63, 3.8) is 0 Å². The zero-order valence-electron chi connectivity index (χ0n) is 17.7. The lowest BCUT2D eigenvalue weighted by Crippen LogP contribution is -2.49. The highest BCUT2D eigenvalue weighted by Crippen LogP contribution is 2.18. The number of aromatic nitrogens is 1. The molecule has 3 rings (SSSR count). The van der Waals surface area contributed by atoms with Crippen LogP contribution in [0.3, 0.4) is 0 Å². The van der Waals surface area contributed by atoms with Crippen LogP contribution >= 0.6 is 0 Å². The molecule has 0 radical (unpaired) electrons. The molecule has 2 amide bonds. The molecule has 0 bridgehead atoms. The number of morpholine rings is 1. The highest BCUT2D eigenvalue weighted by atomic mass is 32.2. The van der Waals surface area contributed by atoms with Gasteiger partial charge in [0.1, 0.15) is 12.4 Å². The van der Waals surface area contributed by atoms with E-state index in [1.54, 1.807) is 30.5 Å². The van der Waals surface area contributed by atoms with E-state index >= 15 is 0 Å². The number of rotatable bonds is 8. The number of sulfonamides is 1. The number of carbonyl (C=O) groups excluding carboxylic acids is 1. The van der Waals surface area contributed by atoms with Crippen molar-refractivity contribution in [2.45, 2.75) is 32.7 Å². The van der Waals surface area contributed by atoms with Crippen molar-refractivity contribution >= 4 is 21.7 Å². The van der Waals surface area contributed by atoms with Crippen LogP contribution in [0.25, 0.3) is 0 Å². The van der Waals surface area contributed by atoms with Crippen molar-refractivity contribution in [2.75, 3.05) is 30.7 Å². The molecule has 1 aromatic heterocycles. The van der Waals surface area contributed by atoms with Crippen LogP contribution in [-0.4, -0.2) is 61.3 Å². The van der Waals surface area contributed by atoms with Crippen molar-refractivity contribution in [3.05, 3.63) is 54.4 Å². The third-order valence-corrected chi connectivity index (χ3v) is 6.43. The first-order chi connectivity index (χ1) is 14.8. The summed E-state index contributed by atoms with van der Waals surface area (Å²) in [4.78, 5) is 16.4. The Morgan fingerprint density at radius 1 is 1.19 bits per heavy atom. The number of pyridine rings is 1. The molecular weight excluding hydrogens is 420 g/mol. The van der Waals surface area contributed by atoms with Crippen LogP contribution in [0.5, 0.6) is 5.75 Å². The van der Waals surface area contributed by atoms with Gasteiger partial charge in [-0.05, 0) is 38.1 Å². The fraction of sp³-hybridized carbons (Fsp3) is 0.429. The lowest BCUT2D eigenvalue weighted by Gasteiger charge is -2.34. The molecule has 10 heteroatoms. The minimum absolute atomic E-state index is 0.00412. The summed E-state index contributed by atoms with van der Waals surface area (Å²) in [6.07, 6.45) is 1.39. The van der Waals surface area contributed by atoms with E-state index in [-0.39, 0.29) is 24.5 Å². The van der Waals surface area contributed by atoms with Gasteiger partial charge in [0.25, 0.3) is 0 Å². The van der Waals surface area contributed by atoms with E-state index in [1.165, 1.54) is 4.31 Å². The van der Waals surface area contributed by atoms with E-state index in [0.717, 1.165) is 5.69 Å². The third kappa shape index (κ3) is 7.20. The topological polar surface area (TPSA) is 110 Å². The smallest absolute Gasteiger partial charge is 0.319 e. The molecule has 31 heavy (non-hydrogen) atoms. The normalized spacial score (nSPS) is 19.5. The molecule has 1 aliphatic rings. The number of carbonyl (C=O) groups is 1. The maximum Gasteiger partial charge on any atom is 0.319 e. The summed E-state index contributed by atoms with van der Waals surface area (Å²) in [5, 5.41) is 5.27. The van der Waals surface area contributed by atoms with Gasteiger partial charge in [-0.1, -0.05) is 12.1 Å². The molecule has 0 saturated carbocycles. The van der Waals surface area contributed by atoms with Crippen LogP contribution in [-0.2, 0) is 21.4 Å². The van der Waals surface area contributed by atoms with Gasteiger partial charge in [-0.25, -0.2) is 13.2 Å². The predicted octanol–water partition coefficient (Wildman–Crippen LogP) is 2.22. The summed E-state index contributed by atoms with van der Waals surface area (Å²) in [5.41, 5.74) is 1.33. The highest BCUT2D eigenvalue weighted by molar-refractivity contribution is 7.89. The van der Waals surface area contributed by atoms with E-state index in [9.17, 15) is 13.2 Å². The molecule has 1 saturated heterocycles. The Hall–Kier alpha value is -2.69. The van der Waals surface area contributed by atoms with Gasteiger partial charge >= 0.3 is 6.03 Å². The van der Waals surface area contributed by atoms with E-state index in [1.807, 2.05) is 32.0 Å². The van der Waals surface area contributed by atoms with Crippen molar-refractivity contribution in [3.8, 4) is 5.75 Å². The zero-order valence-corrected chi connectivity index (χ0v) is 18.5. The van der Waals surface area contributed by atoms with Crippen LogP contribution in [0.15, 0.2) is 48.7 Å². The van der Waals surface area contributed by atoms with E-state index in [4.69, 9.17) is 9.47 Å². The molecular formula is C21H28N4O5S. The first-order valence-corrected chi connectivity index (χ1v) is 11.7. The largest absolute Gasteiger partial charge is 0.487 e. The quantitative estimate of drug-likeness (QED) is 0.641. The molecule has 2 N–H and O–H groups in total. The number of urea groups is 1. The van der Waals surface area contributed by atoms with Crippen LogP contribution in [0.4, 0.5) is 10.5 Å². The van der Waals surface area contributed by atoms with Crippen LogP contribution in [0.1, 0.15) is 19.5 Å². The molecule has 1 aliphatic heterocycles. The monoisotopic (exact) mass is 448 g/mol. The summed E-state index contributed by atoms with van der Waals surface area (Å²) in [6.45, 7) is 4.65. The molecule has 1 fully saturated rings. The summed E-state index contributed by atoms with van der Waals surface area (Å²) >= 11 is 0. The minimum atomic E-state index is -3.47. The molecule has 1 aromatic carbocycles. The Morgan fingerprint density at radius 2 is 1.97 bits per heavy atom. The molecule has 2 heterocycles. The Bertz CT molecular complexity index is 961. The molecule has 0 aliphatic carbocycles. The van der Waals surface area contributed by atoms with E-state index in [2.05, 4.69) is 15.6 Å². The average Bonchev–Trinajstić information content (AvgIpc) is 2.72. The summed E-state index contributed by atoms with van der Waals surface area (Å²) in [5.74, 6) is 0.411. The second kappa shape index (κ2) is 10.6. The number of anilines is 1. The van der Waals surface area contributed by atoms with Crippen LogP contribution < -0.4 is 15.4 Å². The summed E-state index contributed by atoms with van der Waals surface area (Å²) in [6, 6.07) is 12.0. The van der Waals surface area contributed by atoms with Gasteiger partial charge in [-0.15, -0.1) is 0 Å². The number of nitrogens with one attached hydrogen (secondary N) is 2. The van der Waals surface area contributed by atoms with Gasteiger partial charge < -0.3 is 20.1 Å². The predicted molar refractivity (Wildman–Crippen MR) is 117 cm³/mol. The number of ether oxygens (including phenoxy) is 2. The van der Waals surface area contributed by atoms with Crippen molar-refractivity contribution < 1.29 is 22.7 Å².